The van der Waals surface area contributed by atoms with Crippen molar-refractivity contribution in [3.8, 4) is 0 Å². The Morgan fingerprint density at radius 3 is 2.53 bits per heavy atom. The Hall–Kier alpha value is -2.03. The van der Waals surface area contributed by atoms with E-state index in [0.717, 1.165) is 11.8 Å². The quantitative estimate of drug-likeness (QED) is 0.765. The fourth-order valence-electron chi connectivity index (χ4n) is 1.48. The first-order valence-corrected chi connectivity index (χ1v) is 5.22. The number of pyridine rings is 1. The SMILES string of the molecule is Cc1cccc(C=Cc2cccc(F)c2F)n1. The van der Waals surface area contributed by atoms with Crippen LogP contribution in [0, 0.1) is 18.6 Å². The summed E-state index contributed by atoms with van der Waals surface area (Å²) in [7, 11) is 0. The van der Waals surface area contributed by atoms with Gasteiger partial charge in [-0.15, -0.1) is 0 Å². The molecule has 0 saturated carbocycles. The molecule has 86 valence electrons. The summed E-state index contributed by atoms with van der Waals surface area (Å²) in [4.78, 5) is 4.24. The first kappa shape index (κ1) is 11.5. The maximum Gasteiger partial charge on any atom is 0.166 e. The molecule has 1 nitrogen and oxygen atoms in total. The molecule has 0 spiro atoms. The molecule has 1 aromatic carbocycles. The van der Waals surface area contributed by atoms with Gasteiger partial charge in [0.1, 0.15) is 0 Å². The Morgan fingerprint density at radius 2 is 1.76 bits per heavy atom. The number of halogens is 2. The van der Waals surface area contributed by atoms with Gasteiger partial charge in [0, 0.05) is 11.3 Å². The molecule has 0 aliphatic rings. The van der Waals surface area contributed by atoms with Crippen LogP contribution < -0.4 is 0 Å². The lowest BCUT2D eigenvalue weighted by molar-refractivity contribution is 0.507. The van der Waals surface area contributed by atoms with E-state index in [9.17, 15) is 8.78 Å². The number of rotatable bonds is 2. The Bertz CT molecular complexity index is 562. The predicted molar refractivity (Wildman–Crippen MR) is 64.3 cm³/mol. The molecule has 0 unspecified atom stereocenters. The van der Waals surface area contributed by atoms with Crippen molar-refractivity contribution in [2.24, 2.45) is 0 Å². The largest absolute Gasteiger partial charge is 0.254 e. The summed E-state index contributed by atoms with van der Waals surface area (Å²) in [5, 5.41) is 0. The summed E-state index contributed by atoms with van der Waals surface area (Å²) in [6, 6.07) is 9.63. The predicted octanol–water partition coefficient (Wildman–Crippen LogP) is 3.84. The molecule has 0 saturated heterocycles. The summed E-state index contributed by atoms with van der Waals surface area (Å²) in [6.45, 7) is 1.88. The van der Waals surface area contributed by atoms with E-state index in [4.69, 9.17) is 0 Å². The van der Waals surface area contributed by atoms with Gasteiger partial charge in [0.15, 0.2) is 11.6 Å². The van der Waals surface area contributed by atoms with Gasteiger partial charge >= 0.3 is 0 Å². The van der Waals surface area contributed by atoms with E-state index in [2.05, 4.69) is 4.98 Å². The fourth-order valence-corrected chi connectivity index (χ4v) is 1.48. The van der Waals surface area contributed by atoms with Crippen LogP contribution in [-0.4, -0.2) is 4.98 Å². The Kier molecular flexibility index (Phi) is 3.28. The molecule has 2 aromatic rings. The summed E-state index contributed by atoms with van der Waals surface area (Å²) in [6.07, 6.45) is 3.17. The zero-order valence-corrected chi connectivity index (χ0v) is 9.32. The van der Waals surface area contributed by atoms with Crippen molar-refractivity contribution in [1.82, 2.24) is 4.98 Å². The molecular formula is C14H11F2N. The van der Waals surface area contributed by atoms with Crippen molar-refractivity contribution in [1.29, 1.82) is 0 Å². The van der Waals surface area contributed by atoms with Crippen molar-refractivity contribution >= 4 is 12.2 Å². The highest BCUT2D eigenvalue weighted by Crippen LogP contribution is 2.14. The highest BCUT2D eigenvalue weighted by Gasteiger charge is 2.03. The first-order chi connectivity index (χ1) is 8.16. The van der Waals surface area contributed by atoms with Crippen molar-refractivity contribution < 1.29 is 8.78 Å². The number of hydrogen-bond acceptors (Lipinski definition) is 1. The molecule has 3 heteroatoms. The van der Waals surface area contributed by atoms with Gasteiger partial charge in [-0.3, -0.25) is 4.98 Å². The van der Waals surface area contributed by atoms with Crippen LogP contribution in [0.25, 0.3) is 12.2 Å². The number of hydrogen-bond donors (Lipinski definition) is 0. The van der Waals surface area contributed by atoms with Crippen molar-refractivity contribution in [2.75, 3.05) is 0 Å². The van der Waals surface area contributed by atoms with Crippen LogP contribution in [-0.2, 0) is 0 Å². The molecule has 17 heavy (non-hydrogen) atoms. The summed E-state index contributed by atoms with van der Waals surface area (Å²) in [5.41, 5.74) is 1.81. The molecule has 0 fully saturated rings. The first-order valence-electron chi connectivity index (χ1n) is 5.22. The van der Waals surface area contributed by atoms with Crippen LogP contribution >= 0.6 is 0 Å². The van der Waals surface area contributed by atoms with Crippen LogP contribution in [0.2, 0.25) is 0 Å². The van der Waals surface area contributed by atoms with Crippen molar-refractivity contribution in [3.05, 3.63) is 65.0 Å². The van der Waals surface area contributed by atoms with Crippen LogP contribution in [0.3, 0.4) is 0 Å². The topological polar surface area (TPSA) is 12.9 Å². The van der Waals surface area contributed by atoms with Crippen LogP contribution in [0.5, 0.6) is 0 Å². The minimum absolute atomic E-state index is 0.216. The second-order valence-corrected chi connectivity index (χ2v) is 3.68. The normalized spacial score (nSPS) is 11.0. The highest BCUT2D eigenvalue weighted by molar-refractivity contribution is 5.68. The van der Waals surface area contributed by atoms with Gasteiger partial charge < -0.3 is 0 Å². The Balaban J connectivity index is 2.29. The van der Waals surface area contributed by atoms with Crippen LogP contribution in [0.1, 0.15) is 17.0 Å². The molecule has 0 atom stereocenters. The van der Waals surface area contributed by atoms with E-state index in [1.54, 1.807) is 12.1 Å². The number of aromatic nitrogens is 1. The smallest absolute Gasteiger partial charge is 0.166 e. The third-order valence-corrected chi connectivity index (χ3v) is 2.32. The third kappa shape index (κ3) is 2.75. The second kappa shape index (κ2) is 4.87. The van der Waals surface area contributed by atoms with E-state index in [1.807, 2.05) is 19.1 Å². The zero-order valence-electron chi connectivity index (χ0n) is 9.32. The van der Waals surface area contributed by atoms with Gasteiger partial charge in [0.05, 0.1) is 5.69 Å². The van der Waals surface area contributed by atoms with E-state index in [-0.39, 0.29) is 5.56 Å². The fraction of sp³-hybridized carbons (Fsp3) is 0.0714. The number of aryl methyl sites for hydroxylation is 1. The van der Waals surface area contributed by atoms with Crippen LogP contribution in [0.4, 0.5) is 8.78 Å². The molecular weight excluding hydrogens is 220 g/mol. The molecule has 1 aromatic heterocycles. The molecule has 0 aliphatic carbocycles. The van der Waals surface area contributed by atoms with Crippen molar-refractivity contribution in [2.45, 2.75) is 6.92 Å². The van der Waals surface area contributed by atoms with E-state index in [0.29, 0.717) is 5.69 Å². The summed E-state index contributed by atoms with van der Waals surface area (Å²) < 4.78 is 26.3. The van der Waals surface area contributed by atoms with Crippen molar-refractivity contribution in [3.63, 3.8) is 0 Å². The summed E-state index contributed by atoms with van der Waals surface area (Å²) >= 11 is 0. The van der Waals surface area contributed by atoms with Crippen LogP contribution in [0.15, 0.2) is 36.4 Å². The molecule has 0 N–H and O–H groups in total. The lowest BCUT2D eigenvalue weighted by atomic mass is 10.1. The van der Waals surface area contributed by atoms with Gasteiger partial charge in [0.25, 0.3) is 0 Å². The highest BCUT2D eigenvalue weighted by atomic mass is 19.2. The molecule has 2 rings (SSSR count). The molecule has 0 amide bonds. The molecule has 0 aliphatic heterocycles. The molecule has 0 radical (unpaired) electrons. The van der Waals surface area contributed by atoms with Gasteiger partial charge in [-0.25, -0.2) is 8.78 Å². The lowest BCUT2D eigenvalue weighted by Gasteiger charge is -1.98. The Labute approximate surface area is 98.4 Å². The second-order valence-electron chi connectivity index (χ2n) is 3.68. The standard InChI is InChI=1S/C14H11F2N/c1-10-4-2-6-12(17-10)9-8-11-5-3-7-13(15)14(11)16/h2-9H,1H3. The average molecular weight is 231 g/mol. The average Bonchev–Trinajstić information content (AvgIpc) is 2.31. The van der Waals surface area contributed by atoms with E-state index < -0.39 is 11.6 Å². The van der Waals surface area contributed by atoms with Gasteiger partial charge in [0.2, 0.25) is 0 Å². The minimum Gasteiger partial charge on any atom is -0.254 e. The third-order valence-electron chi connectivity index (χ3n) is 2.32. The summed E-state index contributed by atoms with van der Waals surface area (Å²) in [5.74, 6) is -1.68. The minimum atomic E-state index is -0.843. The van der Waals surface area contributed by atoms with E-state index >= 15 is 0 Å². The maximum atomic E-state index is 13.3. The van der Waals surface area contributed by atoms with E-state index in [1.165, 1.54) is 18.2 Å². The number of benzene rings is 1. The van der Waals surface area contributed by atoms with Gasteiger partial charge in [-0.05, 0) is 37.3 Å². The molecule has 0 bridgehead atoms. The monoisotopic (exact) mass is 231 g/mol. The Morgan fingerprint density at radius 1 is 1.00 bits per heavy atom. The maximum absolute atomic E-state index is 13.3. The number of nitrogens with zero attached hydrogens (tertiary/aromatic N) is 1. The van der Waals surface area contributed by atoms with Gasteiger partial charge in [-0.2, -0.15) is 0 Å². The lowest BCUT2D eigenvalue weighted by Crippen LogP contribution is -1.88. The van der Waals surface area contributed by atoms with Gasteiger partial charge in [-0.1, -0.05) is 18.2 Å². The zero-order chi connectivity index (χ0) is 12.3. The molecule has 1 heterocycles.